The molecule has 118 valence electrons. The Balaban J connectivity index is 2.20. The minimum absolute atomic E-state index is 0.00130. The molecule has 6 heteroatoms. The average molecular weight is 315 g/mol. The third kappa shape index (κ3) is 3.12. The van der Waals surface area contributed by atoms with Crippen molar-refractivity contribution < 1.29 is 17.9 Å². The molecule has 4 nitrogen and oxygen atoms in total. The molecule has 21 heavy (non-hydrogen) atoms. The molecule has 1 heterocycles. The van der Waals surface area contributed by atoms with E-state index in [1.807, 2.05) is 6.92 Å². The van der Waals surface area contributed by atoms with Gasteiger partial charge in [0.1, 0.15) is 5.82 Å². The van der Waals surface area contributed by atoms with Crippen molar-refractivity contribution in [3.63, 3.8) is 0 Å². The molecule has 1 fully saturated rings. The maximum atomic E-state index is 13.6. The van der Waals surface area contributed by atoms with Gasteiger partial charge in [-0.15, -0.1) is 0 Å². The van der Waals surface area contributed by atoms with Gasteiger partial charge in [0.15, 0.2) is 0 Å². The van der Waals surface area contributed by atoms with Crippen LogP contribution in [0, 0.1) is 18.2 Å². The first-order valence-corrected chi connectivity index (χ1v) is 8.66. The summed E-state index contributed by atoms with van der Waals surface area (Å²) >= 11 is 0. The van der Waals surface area contributed by atoms with Crippen molar-refractivity contribution in [2.75, 3.05) is 19.7 Å². The third-order valence-electron chi connectivity index (χ3n) is 4.65. The zero-order valence-corrected chi connectivity index (χ0v) is 13.3. The summed E-state index contributed by atoms with van der Waals surface area (Å²) in [7, 11) is -3.66. The summed E-state index contributed by atoms with van der Waals surface area (Å²) < 4.78 is 40.1. The van der Waals surface area contributed by atoms with E-state index in [2.05, 4.69) is 0 Å². The smallest absolute Gasteiger partial charge is 0.243 e. The molecule has 1 N–H and O–H groups in total. The lowest BCUT2D eigenvalue weighted by atomic mass is 9.77. The highest BCUT2D eigenvalue weighted by atomic mass is 32.2. The van der Waals surface area contributed by atoms with Crippen LogP contribution >= 0.6 is 0 Å². The van der Waals surface area contributed by atoms with E-state index in [0.29, 0.717) is 31.5 Å². The Kier molecular flexibility index (Phi) is 4.70. The third-order valence-corrected chi connectivity index (χ3v) is 6.54. The van der Waals surface area contributed by atoms with Crippen LogP contribution in [0.25, 0.3) is 0 Å². The first-order chi connectivity index (χ1) is 9.84. The zero-order chi connectivity index (χ0) is 15.7. The Morgan fingerprint density at radius 1 is 1.33 bits per heavy atom. The number of aliphatic hydroxyl groups is 1. The normalized spacial score (nSPS) is 19.6. The van der Waals surface area contributed by atoms with E-state index < -0.39 is 15.8 Å². The lowest BCUT2D eigenvalue weighted by Gasteiger charge is -2.39. The summed E-state index contributed by atoms with van der Waals surface area (Å²) in [5.41, 5.74) is 0.253. The Bertz CT molecular complexity index is 601. The molecule has 0 bridgehead atoms. The number of piperidine rings is 1. The lowest BCUT2D eigenvalue weighted by Crippen LogP contribution is -2.44. The number of sulfonamides is 1. The number of benzene rings is 1. The Hall–Kier alpha value is -0.980. The average Bonchev–Trinajstić information content (AvgIpc) is 2.50. The number of nitrogens with zero attached hydrogens (tertiary/aromatic N) is 1. The first kappa shape index (κ1) is 16.4. The number of halogens is 1. The number of hydrogen-bond donors (Lipinski definition) is 1. The molecule has 1 aliphatic rings. The topological polar surface area (TPSA) is 57.6 Å². The van der Waals surface area contributed by atoms with Crippen LogP contribution in [0.3, 0.4) is 0 Å². The molecule has 2 rings (SSSR count). The monoisotopic (exact) mass is 315 g/mol. The van der Waals surface area contributed by atoms with Gasteiger partial charge in [0.05, 0.1) is 4.90 Å². The van der Waals surface area contributed by atoms with Gasteiger partial charge in [-0.05, 0) is 49.3 Å². The largest absolute Gasteiger partial charge is 0.396 e. The van der Waals surface area contributed by atoms with E-state index in [0.717, 1.165) is 12.5 Å². The summed E-state index contributed by atoms with van der Waals surface area (Å²) in [6, 6.07) is 4.01. The molecule has 0 saturated carbocycles. The van der Waals surface area contributed by atoms with Gasteiger partial charge >= 0.3 is 0 Å². The predicted octanol–water partition coefficient (Wildman–Crippen LogP) is 2.31. The second-order valence-corrected chi connectivity index (χ2v) is 7.76. The molecule has 0 spiro atoms. The van der Waals surface area contributed by atoms with Crippen LogP contribution in [0.1, 0.15) is 31.7 Å². The van der Waals surface area contributed by atoms with Gasteiger partial charge in [-0.2, -0.15) is 4.31 Å². The van der Waals surface area contributed by atoms with Crippen molar-refractivity contribution in [3.8, 4) is 0 Å². The molecule has 1 aromatic carbocycles. The van der Waals surface area contributed by atoms with Gasteiger partial charge in [0.25, 0.3) is 0 Å². The zero-order valence-electron chi connectivity index (χ0n) is 12.5. The second kappa shape index (κ2) is 6.02. The second-order valence-electron chi connectivity index (χ2n) is 5.83. The van der Waals surface area contributed by atoms with Crippen molar-refractivity contribution in [3.05, 3.63) is 29.6 Å². The van der Waals surface area contributed by atoms with E-state index in [1.165, 1.54) is 16.4 Å². The standard InChI is InChI=1S/C15H22FNO3S/c1-3-15(11-18)6-8-17(9-7-15)21(19,20)13-5-4-12(2)14(16)10-13/h4-5,10,18H,3,6-9,11H2,1-2H3. The van der Waals surface area contributed by atoms with Crippen LogP contribution in [0.2, 0.25) is 0 Å². The van der Waals surface area contributed by atoms with Gasteiger partial charge in [0.2, 0.25) is 10.0 Å². The Morgan fingerprint density at radius 3 is 2.43 bits per heavy atom. The van der Waals surface area contributed by atoms with E-state index in [9.17, 15) is 17.9 Å². The molecule has 0 aliphatic carbocycles. The van der Waals surface area contributed by atoms with Gasteiger partial charge in [-0.25, -0.2) is 12.8 Å². The van der Waals surface area contributed by atoms with E-state index in [-0.39, 0.29) is 16.9 Å². The number of hydrogen-bond acceptors (Lipinski definition) is 3. The van der Waals surface area contributed by atoms with E-state index in [4.69, 9.17) is 0 Å². The van der Waals surface area contributed by atoms with E-state index >= 15 is 0 Å². The van der Waals surface area contributed by atoms with Crippen LogP contribution in [-0.2, 0) is 10.0 Å². The summed E-state index contributed by atoms with van der Waals surface area (Å²) in [5.74, 6) is -0.508. The molecule has 0 radical (unpaired) electrons. The maximum Gasteiger partial charge on any atom is 0.243 e. The van der Waals surface area contributed by atoms with Crippen LogP contribution in [0.4, 0.5) is 4.39 Å². The molecular formula is C15H22FNO3S. The molecule has 1 aliphatic heterocycles. The van der Waals surface area contributed by atoms with Crippen molar-refractivity contribution in [2.24, 2.45) is 5.41 Å². The van der Waals surface area contributed by atoms with Gasteiger partial charge in [0, 0.05) is 19.7 Å². The van der Waals surface area contributed by atoms with Crippen molar-refractivity contribution in [1.29, 1.82) is 0 Å². The fraction of sp³-hybridized carbons (Fsp3) is 0.600. The Labute approximate surface area is 125 Å². The number of aliphatic hydroxyl groups excluding tert-OH is 1. The van der Waals surface area contributed by atoms with Gasteiger partial charge < -0.3 is 5.11 Å². The summed E-state index contributed by atoms with van der Waals surface area (Å²) in [4.78, 5) is -0.00130. The quantitative estimate of drug-likeness (QED) is 0.927. The van der Waals surface area contributed by atoms with Crippen LogP contribution in [-0.4, -0.2) is 37.5 Å². The fourth-order valence-electron chi connectivity index (χ4n) is 2.71. The molecule has 0 aromatic heterocycles. The first-order valence-electron chi connectivity index (χ1n) is 7.22. The minimum Gasteiger partial charge on any atom is -0.396 e. The van der Waals surface area contributed by atoms with Crippen molar-refractivity contribution in [2.45, 2.75) is 38.0 Å². The summed E-state index contributed by atoms with van der Waals surface area (Å²) in [5, 5.41) is 9.50. The Morgan fingerprint density at radius 2 is 1.95 bits per heavy atom. The van der Waals surface area contributed by atoms with Gasteiger partial charge in [-0.1, -0.05) is 13.0 Å². The lowest BCUT2D eigenvalue weighted by molar-refractivity contribution is 0.0647. The van der Waals surface area contributed by atoms with E-state index in [1.54, 1.807) is 6.92 Å². The highest BCUT2D eigenvalue weighted by Gasteiger charge is 2.37. The molecule has 0 amide bonds. The molecule has 0 atom stereocenters. The SMILES string of the molecule is CCC1(CO)CCN(S(=O)(=O)c2ccc(C)c(F)c2)CC1. The highest BCUT2D eigenvalue weighted by molar-refractivity contribution is 7.89. The maximum absolute atomic E-state index is 13.6. The van der Waals surface area contributed by atoms with Crippen LogP contribution in [0.15, 0.2) is 23.1 Å². The molecule has 0 unspecified atom stereocenters. The molecular weight excluding hydrogens is 293 g/mol. The minimum atomic E-state index is -3.66. The van der Waals surface area contributed by atoms with Gasteiger partial charge in [-0.3, -0.25) is 0 Å². The van der Waals surface area contributed by atoms with Crippen LogP contribution in [0.5, 0.6) is 0 Å². The van der Waals surface area contributed by atoms with Crippen LogP contribution < -0.4 is 0 Å². The van der Waals surface area contributed by atoms with Crippen molar-refractivity contribution >= 4 is 10.0 Å². The predicted molar refractivity (Wildman–Crippen MR) is 78.9 cm³/mol. The fourth-order valence-corrected chi connectivity index (χ4v) is 4.16. The van der Waals surface area contributed by atoms with Crippen molar-refractivity contribution in [1.82, 2.24) is 4.31 Å². The molecule has 1 saturated heterocycles. The highest BCUT2D eigenvalue weighted by Crippen LogP contribution is 2.36. The summed E-state index contributed by atoms with van der Waals surface area (Å²) in [6.07, 6.45) is 2.09. The number of rotatable bonds is 4. The molecule has 1 aromatic rings. The summed E-state index contributed by atoms with van der Waals surface area (Å²) in [6.45, 7) is 4.42. The number of aryl methyl sites for hydroxylation is 1.